The molecule has 2 aromatic heterocycles. The molecule has 28 heavy (non-hydrogen) atoms. The molecule has 3 aromatic rings. The predicted molar refractivity (Wildman–Crippen MR) is 113 cm³/mol. The first-order valence-corrected chi connectivity index (χ1v) is 10.5. The minimum atomic E-state index is 0.645. The van der Waals surface area contributed by atoms with E-state index in [1.54, 1.807) is 37.3 Å². The Hall–Kier alpha value is -2.56. The topological polar surface area (TPSA) is 68.0 Å². The summed E-state index contributed by atoms with van der Waals surface area (Å²) >= 11 is 3.10. The first kappa shape index (κ1) is 20.2. The lowest BCUT2D eigenvalue weighted by Gasteiger charge is -2.11. The van der Waals surface area contributed by atoms with Gasteiger partial charge in [-0.2, -0.15) is 5.26 Å². The summed E-state index contributed by atoms with van der Waals surface area (Å²) in [6.07, 6.45) is 0. The van der Waals surface area contributed by atoms with Gasteiger partial charge in [-0.25, -0.2) is 9.97 Å². The van der Waals surface area contributed by atoms with E-state index in [-0.39, 0.29) is 0 Å². The summed E-state index contributed by atoms with van der Waals surface area (Å²) in [6.45, 7) is 5.95. The van der Waals surface area contributed by atoms with Gasteiger partial charge < -0.3 is 9.47 Å². The van der Waals surface area contributed by atoms with Crippen LogP contribution in [0.25, 0.3) is 10.6 Å². The van der Waals surface area contributed by atoms with Crippen molar-refractivity contribution in [1.29, 1.82) is 5.26 Å². The molecule has 0 aliphatic rings. The zero-order chi connectivity index (χ0) is 20.3. The van der Waals surface area contributed by atoms with Crippen molar-refractivity contribution in [3.63, 3.8) is 0 Å². The van der Waals surface area contributed by atoms with E-state index in [1.807, 2.05) is 44.4 Å². The Morgan fingerprint density at radius 3 is 2.57 bits per heavy atom. The van der Waals surface area contributed by atoms with E-state index in [0.29, 0.717) is 22.8 Å². The third-order valence-electron chi connectivity index (χ3n) is 4.62. The van der Waals surface area contributed by atoms with Crippen LogP contribution in [-0.4, -0.2) is 24.2 Å². The Morgan fingerprint density at radius 2 is 1.89 bits per heavy atom. The van der Waals surface area contributed by atoms with E-state index in [1.165, 1.54) is 0 Å². The SMILES string of the molecule is COc1cccc(-c2nc(CSc3nc(C)c(C)c(C)c3C#N)cs2)c1OC. The van der Waals surface area contributed by atoms with Gasteiger partial charge in [-0.15, -0.1) is 11.3 Å². The first-order chi connectivity index (χ1) is 13.5. The number of aryl methyl sites for hydroxylation is 1. The van der Waals surface area contributed by atoms with E-state index in [9.17, 15) is 5.26 Å². The van der Waals surface area contributed by atoms with Crippen molar-refractivity contribution in [3.05, 3.63) is 51.7 Å². The molecule has 0 saturated carbocycles. The Morgan fingerprint density at radius 1 is 1.11 bits per heavy atom. The van der Waals surface area contributed by atoms with Crippen LogP contribution in [0.3, 0.4) is 0 Å². The molecule has 5 nitrogen and oxygen atoms in total. The largest absolute Gasteiger partial charge is 0.493 e. The molecule has 0 spiro atoms. The van der Waals surface area contributed by atoms with Gasteiger partial charge in [-0.05, 0) is 44.0 Å². The molecular formula is C21H21N3O2S2. The summed E-state index contributed by atoms with van der Waals surface area (Å²) in [7, 11) is 3.25. The second-order valence-electron chi connectivity index (χ2n) is 6.21. The van der Waals surface area contributed by atoms with E-state index in [2.05, 4.69) is 11.1 Å². The van der Waals surface area contributed by atoms with Crippen molar-refractivity contribution < 1.29 is 9.47 Å². The lowest BCUT2D eigenvalue weighted by Crippen LogP contribution is -1.99. The summed E-state index contributed by atoms with van der Waals surface area (Å²) < 4.78 is 10.9. The van der Waals surface area contributed by atoms with Crippen LogP contribution in [0.4, 0.5) is 0 Å². The summed E-state index contributed by atoms with van der Waals surface area (Å²) in [5, 5.41) is 13.2. The maximum Gasteiger partial charge on any atom is 0.170 e. The molecule has 0 N–H and O–H groups in total. The number of rotatable bonds is 6. The molecule has 1 aromatic carbocycles. The number of hydrogen-bond acceptors (Lipinski definition) is 7. The summed E-state index contributed by atoms with van der Waals surface area (Å²) in [6, 6.07) is 8.06. The van der Waals surface area contributed by atoms with Crippen LogP contribution in [0.2, 0.25) is 0 Å². The van der Waals surface area contributed by atoms with Gasteiger partial charge in [0.25, 0.3) is 0 Å². The highest BCUT2D eigenvalue weighted by Crippen LogP contribution is 2.39. The van der Waals surface area contributed by atoms with Gasteiger partial charge in [0.15, 0.2) is 11.5 Å². The maximum absolute atomic E-state index is 9.53. The van der Waals surface area contributed by atoms with Crippen molar-refractivity contribution in [2.24, 2.45) is 0 Å². The van der Waals surface area contributed by atoms with E-state index >= 15 is 0 Å². The van der Waals surface area contributed by atoms with Crippen molar-refractivity contribution in [2.75, 3.05) is 14.2 Å². The molecule has 0 fully saturated rings. The van der Waals surface area contributed by atoms with Gasteiger partial charge in [0.2, 0.25) is 0 Å². The molecule has 0 aliphatic heterocycles. The quantitative estimate of drug-likeness (QED) is 0.512. The molecule has 0 amide bonds. The minimum absolute atomic E-state index is 0.645. The van der Waals surface area contributed by atoms with Crippen LogP contribution in [0.1, 0.15) is 28.1 Å². The lowest BCUT2D eigenvalue weighted by atomic mass is 10.1. The number of ether oxygens (including phenoxy) is 2. The van der Waals surface area contributed by atoms with Crippen LogP contribution in [0, 0.1) is 32.1 Å². The number of thioether (sulfide) groups is 1. The average molecular weight is 412 g/mol. The van der Waals surface area contributed by atoms with Gasteiger partial charge >= 0.3 is 0 Å². The number of hydrogen-bond donors (Lipinski definition) is 0. The third kappa shape index (κ3) is 3.84. The molecule has 0 aliphatic carbocycles. The molecule has 3 rings (SSSR count). The fourth-order valence-corrected chi connectivity index (χ4v) is 4.77. The highest BCUT2D eigenvalue weighted by Gasteiger charge is 2.16. The number of nitriles is 1. The van der Waals surface area contributed by atoms with Crippen LogP contribution < -0.4 is 9.47 Å². The zero-order valence-corrected chi connectivity index (χ0v) is 18.1. The Labute approximate surface area is 173 Å². The zero-order valence-electron chi connectivity index (χ0n) is 16.5. The van der Waals surface area contributed by atoms with Crippen molar-refractivity contribution >= 4 is 23.1 Å². The summed E-state index contributed by atoms with van der Waals surface area (Å²) in [5.74, 6) is 2.00. The number of nitrogens with zero attached hydrogens (tertiary/aromatic N) is 3. The average Bonchev–Trinajstić information content (AvgIpc) is 3.18. The molecule has 2 heterocycles. The van der Waals surface area contributed by atoms with Crippen LogP contribution in [0.15, 0.2) is 28.6 Å². The van der Waals surface area contributed by atoms with Gasteiger partial charge in [-0.1, -0.05) is 17.8 Å². The van der Waals surface area contributed by atoms with Crippen LogP contribution in [0.5, 0.6) is 11.5 Å². The molecule has 0 radical (unpaired) electrons. The molecule has 0 saturated heterocycles. The van der Waals surface area contributed by atoms with Crippen molar-refractivity contribution in [1.82, 2.24) is 9.97 Å². The molecule has 7 heteroatoms. The van der Waals surface area contributed by atoms with E-state index in [0.717, 1.165) is 38.1 Å². The standard InChI is InChI=1S/C21H21N3O2S2/c1-12-13(2)17(9-22)21(23-14(12)3)28-11-15-10-27-20(24-15)16-7-6-8-18(25-4)19(16)26-5/h6-8,10H,11H2,1-5H3. The lowest BCUT2D eigenvalue weighted by molar-refractivity contribution is 0.356. The second-order valence-corrected chi connectivity index (χ2v) is 8.04. The van der Waals surface area contributed by atoms with E-state index < -0.39 is 0 Å². The highest BCUT2D eigenvalue weighted by molar-refractivity contribution is 7.98. The number of aromatic nitrogens is 2. The van der Waals surface area contributed by atoms with Gasteiger partial charge in [0, 0.05) is 16.8 Å². The fraction of sp³-hybridized carbons (Fsp3) is 0.286. The van der Waals surface area contributed by atoms with Crippen LogP contribution in [-0.2, 0) is 5.75 Å². The summed E-state index contributed by atoms with van der Waals surface area (Å²) in [5.41, 5.74) is 5.52. The van der Waals surface area contributed by atoms with Gasteiger partial charge in [-0.3, -0.25) is 0 Å². The number of methoxy groups -OCH3 is 2. The van der Waals surface area contributed by atoms with Gasteiger partial charge in [0.05, 0.1) is 31.0 Å². The smallest absolute Gasteiger partial charge is 0.170 e. The van der Waals surface area contributed by atoms with E-state index in [4.69, 9.17) is 14.5 Å². The first-order valence-electron chi connectivity index (χ1n) is 8.66. The van der Waals surface area contributed by atoms with Crippen molar-refractivity contribution in [3.8, 4) is 28.1 Å². The number of pyridine rings is 1. The maximum atomic E-state index is 9.53. The minimum Gasteiger partial charge on any atom is -0.493 e. The monoisotopic (exact) mass is 411 g/mol. The molecule has 0 bridgehead atoms. The highest BCUT2D eigenvalue weighted by atomic mass is 32.2. The summed E-state index contributed by atoms with van der Waals surface area (Å²) in [4.78, 5) is 9.36. The normalized spacial score (nSPS) is 10.6. The Kier molecular flexibility index (Phi) is 6.22. The Balaban J connectivity index is 1.85. The number of thiazole rings is 1. The predicted octanol–water partition coefficient (Wildman–Crippen LogP) is 5.31. The second kappa shape index (κ2) is 8.63. The number of para-hydroxylation sites is 1. The Bertz CT molecular complexity index is 1050. The molecule has 144 valence electrons. The molecular weight excluding hydrogens is 390 g/mol. The number of benzene rings is 1. The molecule has 0 unspecified atom stereocenters. The van der Waals surface area contributed by atoms with Crippen LogP contribution >= 0.6 is 23.1 Å². The fourth-order valence-electron chi connectivity index (χ4n) is 2.84. The molecule has 0 atom stereocenters. The van der Waals surface area contributed by atoms with Gasteiger partial charge in [0.1, 0.15) is 16.1 Å². The van der Waals surface area contributed by atoms with Crippen molar-refractivity contribution in [2.45, 2.75) is 31.6 Å². The third-order valence-corrected chi connectivity index (χ3v) is 6.55.